The third kappa shape index (κ3) is 3.03. The summed E-state index contributed by atoms with van der Waals surface area (Å²) in [6.07, 6.45) is 5.25. The fourth-order valence-corrected chi connectivity index (χ4v) is 3.23. The number of Topliss-reactive ketones (excluding diaryl/α,β-unsaturated/α-hetero) is 1. The molecule has 0 unspecified atom stereocenters. The predicted octanol–water partition coefficient (Wildman–Crippen LogP) is 4.05. The second kappa shape index (κ2) is 6.44. The molecule has 0 bridgehead atoms. The summed E-state index contributed by atoms with van der Waals surface area (Å²) in [6, 6.07) is 7.93. The first-order valence-electron chi connectivity index (χ1n) is 8.05. The highest BCUT2D eigenvalue weighted by Crippen LogP contribution is 2.27. The van der Waals surface area contributed by atoms with Crippen LogP contribution in [0.5, 0.6) is 0 Å². The van der Waals surface area contributed by atoms with Crippen LogP contribution in [0.3, 0.4) is 0 Å². The number of hydrogen-bond acceptors (Lipinski definition) is 3. The Balaban J connectivity index is 1.74. The smallest absolute Gasteiger partial charge is 0.199 e. The number of carbonyl (C=O) groups is 1. The summed E-state index contributed by atoms with van der Waals surface area (Å²) in [6.45, 7) is 5.21. The molecule has 112 valence electrons. The Kier molecular flexibility index (Phi) is 4.39. The molecule has 1 fully saturated rings. The van der Waals surface area contributed by atoms with Crippen molar-refractivity contribution >= 4 is 16.8 Å². The number of carbonyl (C=O) groups excluding carboxylic acids is 1. The van der Waals surface area contributed by atoms with Crippen LogP contribution in [-0.2, 0) is 6.42 Å². The zero-order valence-corrected chi connectivity index (χ0v) is 12.7. The number of nitrogens with zero attached hydrogens (tertiary/aromatic N) is 1. The molecule has 1 aromatic heterocycles. The van der Waals surface area contributed by atoms with E-state index >= 15 is 0 Å². The third-order valence-corrected chi connectivity index (χ3v) is 4.41. The van der Waals surface area contributed by atoms with Crippen molar-refractivity contribution in [3.05, 3.63) is 35.6 Å². The van der Waals surface area contributed by atoms with Crippen LogP contribution < -0.4 is 0 Å². The lowest BCUT2D eigenvalue weighted by atomic mass is 10.0. The number of benzene rings is 1. The van der Waals surface area contributed by atoms with Crippen molar-refractivity contribution in [3.8, 4) is 0 Å². The van der Waals surface area contributed by atoms with Crippen molar-refractivity contribution in [1.29, 1.82) is 0 Å². The van der Waals surface area contributed by atoms with Crippen LogP contribution in [0, 0.1) is 0 Å². The highest BCUT2D eigenvalue weighted by atomic mass is 16.3. The van der Waals surface area contributed by atoms with Gasteiger partial charge in [0.15, 0.2) is 11.5 Å². The van der Waals surface area contributed by atoms with Crippen LogP contribution in [0.2, 0.25) is 0 Å². The molecule has 1 aliphatic heterocycles. The first-order valence-corrected chi connectivity index (χ1v) is 8.05. The average molecular weight is 285 g/mol. The number of likely N-dealkylation sites (tertiary alicyclic amines) is 1. The zero-order valence-electron chi connectivity index (χ0n) is 12.7. The summed E-state index contributed by atoms with van der Waals surface area (Å²) < 4.78 is 5.82. The standard InChI is InChI=1S/C18H23NO2/c1-2-14-15-8-4-5-9-17(15)21-18(14)16(20)10-13-19-11-6-3-7-12-19/h4-5,8-9H,2-3,6-7,10-13H2,1H3. The molecule has 0 aliphatic carbocycles. The van der Waals surface area contributed by atoms with Crippen molar-refractivity contribution < 1.29 is 9.21 Å². The van der Waals surface area contributed by atoms with Gasteiger partial charge in [-0.25, -0.2) is 0 Å². The van der Waals surface area contributed by atoms with Gasteiger partial charge in [-0.2, -0.15) is 0 Å². The van der Waals surface area contributed by atoms with Crippen molar-refractivity contribution in [1.82, 2.24) is 4.90 Å². The van der Waals surface area contributed by atoms with Crippen molar-refractivity contribution in [3.63, 3.8) is 0 Å². The number of piperidine rings is 1. The van der Waals surface area contributed by atoms with Crippen molar-refractivity contribution in [2.45, 2.75) is 39.0 Å². The van der Waals surface area contributed by atoms with Gasteiger partial charge >= 0.3 is 0 Å². The third-order valence-electron chi connectivity index (χ3n) is 4.41. The van der Waals surface area contributed by atoms with E-state index in [4.69, 9.17) is 4.42 Å². The Morgan fingerprint density at radius 2 is 1.95 bits per heavy atom. The SMILES string of the molecule is CCc1c(C(=O)CCN2CCCCC2)oc2ccccc12. The van der Waals surface area contributed by atoms with Crippen LogP contribution in [0.25, 0.3) is 11.0 Å². The van der Waals surface area contributed by atoms with Crippen LogP contribution in [0.1, 0.15) is 48.7 Å². The molecular formula is C18H23NO2. The minimum absolute atomic E-state index is 0.147. The number of furan rings is 1. The Labute approximate surface area is 125 Å². The molecule has 0 atom stereocenters. The Hall–Kier alpha value is -1.61. The maximum absolute atomic E-state index is 12.5. The second-order valence-electron chi connectivity index (χ2n) is 5.83. The van der Waals surface area contributed by atoms with E-state index in [9.17, 15) is 4.79 Å². The topological polar surface area (TPSA) is 33.5 Å². The van der Waals surface area contributed by atoms with Gasteiger partial charge in [0.1, 0.15) is 5.58 Å². The summed E-state index contributed by atoms with van der Waals surface area (Å²) in [5.74, 6) is 0.726. The summed E-state index contributed by atoms with van der Waals surface area (Å²) in [7, 11) is 0. The van der Waals surface area contributed by atoms with Crippen LogP contribution in [-0.4, -0.2) is 30.3 Å². The minimum atomic E-state index is 0.147. The molecule has 2 aromatic rings. The fraction of sp³-hybridized carbons (Fsp3) is 0.500. The highest BCUT2D eigenvalue weighted by molar-refractivity contribution is 6.00. The molecule has 1 aliphatic rings. The van der Waals surface area contributed by atoms with Gasteiger partial charge in [-0.3, -0.25) is 4.79 Å². The quantitative estimate of drug-likeness (QED) is 0.777. The molecule has 0 amide bonds. The Morgan fingerprint density at radius 3 is 2.71 bits per heavy atom. The predicted molar refractivity (Wildman–Crippen MR) is 84.8 cm³/mol. The first-order chi connectivity index (χ1) is 10.3. The van der Waals surface area contributed by atoms with Crippen LogP contribution in [0.15, 0.2) is 28.7 Å². The molecule has 0 saturated carbocycles. The lowest BCUT2D eigenvalue weighted by Crippen LogP contribution is -2.31. The molecule has 2 heterocycles. The highest BCUT2D eigenvalue weighted by Gasteiger charge is 2.20. The van der Waals surface area contributed by atoms with Crippen LogP contribution in [0.4, 0.5) is 0 Å². The summed E-state index contributed by atoms with van der Waals surface area (Å²) in [5, 5.41) is 1.08. The van der Waals surface area contributed by atoms with E-state index in [0.29, 0.717) is 12.2 Å². The van der Waals surface area contributed by atoms with E-state index in [1.165, 1.54) is 19.3 Å². The normalized spacial score (nSPS) is 16.4. The number of hydrogen-bond donors (Lipinski definition) is 0. The van der Waals surface area contributed by atoms with Crippen LogP contribution >= 0.6 is 0 Å². The zero-order chi connectivity index (χ0) is 14.7. The number of aryl methyl sites for hydroxylation is 1. The average Bonchev–Trinajstić information content (AvgIpc) is 2.92. The van der Waals surface area contributed by atoms with E-state index in [1.54, 1.807) is 0 Å². The lowest BCUT2D eigenvalue weighted by molar-refractivity contribution is 0.0932. The van der Waals surface area contributed by atoms with Gasteiger partial charge in [0.2, 0.25) is 0 Å². The van der Waals surface area contributed by atoms with Gasteiger partial charge in [0.05, 0.1) is 0 Å². The molecule has 3 nitrogen and oxygen atoms in total. The maximum atomic E-state index is 12.5. The Bertz CT molecular complexity index is 623. The largest absolute Gasteiger partial charge is 0.453 e. The van der Waals surface area contributed by atoms with E-state index in [2.05, 4.69) is 11.8 Å². The van der Waals surface area contributed by atoms with Crippen molar-refractivity contribution in [2.75, 3.05) is 19.6 Å². The molecule has 3 rings (SSSR count). The van der Waals surface area contributed by atoms with E-state index in [0.717, 1.165) is 42.6 Å². The summed E-state index contributed by atoms with van der Waals surface area (Å²) in [5.41, 5.74) is 1.89. The minimum Gasteiger partial charge on any atom is -0.453 e. The van der Waals surface area contributed by atoms with E-state index < -0.39 is 0 Å². The maximum Gasteiger partial charge on any atom is 0.199 e. The first kappa shape index (κ1) is 14.3. The number of ketones is 1. The molecule has 0 N–H and O–H groups in total. The van der Waals surface area contributed by atoms with Gasteiger partial charge in [0, 0.05) is 23.9 Å². The van der Waals surface area contributed by atoms with E-state index in [1.807, 2.05) is 24.3 Å². The molecule has 21 heavy (non-hydrogen) atoms. The fourth-order valence-electron chi connectivity index (χ4n) is 3.23. The molecular weight excluding hydrogens is 262 g/mol. The van der Waals surface area contributed by atoms with Crippen molar-refractivity contribution in [2.24, 2.45) is 0 Å². The monoisotopic (exact) mass is 285 g/mol. The second-order valence-corrected chi connectivity index (χ2v) is 5.83. The molecule has 0 radical (unpaired) electrons. The van der Waals surface area contributed by atoms with Gasteiger partial charge in [-0.05, 0) is 38.4 Å². The van der Waals surface area contributed by atoms with Gasteiger partial charge < -0.3 is 9.32 Å². The molecule has 1 saturated heterocycles. The van der Waals surface area contributed by atoms with Gasteiger partial charge in [-0.1, -0.05) is 31.5 Å². The van der Waals surface area contributed by atoms with Gasteiger partial charge in [0.25, 0.3) is 0 Å². The summed E-state index contributed by atoms with van der Waals surface area (Å²) >= 11 is 0. The molecule has 0 spiro atoms. The Morgan fingerprint density at radius 1 is 1.19 bits per heavy atom. The number of rotatable bonds is 5. The number of para-hydroxylation sites is 1. The molecule has 3 heteroatoms. The van der Waals surface area contributed by atoms with E-state index in [-0.39, 0.29) is 5.78 Å². The molecule has 1 aromatic carbocycles. The lowest BCUT2D eigenvalue weighted by Gasteiger charge is -2.25. The number of fused-ring (bicyclic) bond motifs is 1. The van der Waals surface area contributed by atoms with Gasteiger partial charge in [-0.15, -0.1) is 0 Å². The summed E-state index contributed by atoms with van der Waals surface area (Å²) in [4.78, 5) is 14.9.